The molecule has 4 nitrogen and oxygen atoms in total. The molecule has 0 N–H and O–H groups in total. The van der Waals surface area contributed by atoms with Gasteiger partial charge in [0.15, 0.2) is 0 Å². The smallest absolute Gasteiger partial charge is 0.410 e. The van der Waals surface area contributed by atoms with Gasteiger partial charge in [-0.1, -0.05) is 11.8 Å². The maximum Gasteiger partial charge on any atom is 0.416 e. The Morgan fingerprint density at radius 1 is 1.11 bits per heavy atom. The van der Waals surface area contributed by atoms with Crippen molar-refractivity contribution >= 4 is 6.09 Å². The van der Waals surface area contributed by atoms with Crippen molar-refractivity contribution in [3.63, 3.8) is 0 Å². The predicted octanol–water partition coefficient (Wildman–Crippen LogP) is 4.26. The molecule has 1 aromatic rings. The number of amides is 1. The van der Waals surface area contributed by atoms with E-state index in [4.69, 9.17) is 4.74 Å². The molecule has 1 amide bonds. The van der Waals surface area contributed by atoms with Crippen LogP contribution in [-0.2, 0) is 6.18 Å². The molecule has 0 radical (unpaired) electrons. The molecule has 0 bridgehead atoms. The largest absolute Gasteiger partial charge is 0.416 e. The fourth-order valence-electron chi connectivity index (χ4n) is 2.99. The number of hydrogen-bond acceptors (Lipinski definition) is 3. The van der Waals surface area contributed by atoms with Crippen molar-refractivity contribution in [1.82, 2.24) is 9.80 Å². The molecule has 27 heavy (non-hydrogen) atoms. The van der Waals surface area contributed by atoms with E-state index in [1.165, 1.54) is 4.90 Å². The standard InChI is InChI=1S/C20H25F3N2O2/c1-24(2)14-4-5-15-6-10-17(11-7-15)25(3)19(26)27-18-12-8-16(9-13-18)20(21,22)23/h8-9,12-13,15,17H,6-7,10-11,14H2,1-3H3. The summed E-state index contributed by atoms with van der Waals surface area (Å²) in [6, 6.07) is 4.18. The van der Waals surface area contributed by atoms with Crippen LogP contribution in [0.5, 0.6) is 5.75 Å². The number of halogens is 3. The van der Waals surface area contributed by atoms with Crippen molar-refractivity contribution < 1.29 is 22.7 Å². The summed E-state index contributed by atoms with van der Waals surface area (Å²) in [6.45, 7) is 0.735. The summed E-state index contributed by atoms with van der Waals surface area (Å²) in [7, 11) is 5.61. The second-order valence-corrected chi connectivity index (χ2v) is 7.07. The van der Waals surface area contributed by atoms with Crippen LogP contribution < -0.4 is 4.74 Å². The fourth-order valence-corrected chi connectivity index (χ4v) is 2.99. The highest BCUT2D eigenvalue weighted by Gasteiger charge is 2.30. The van der Waals surface area contributed by atoms with E-state index in [9.17, 15) is 18.0 Å². The minimum atomic E-state index is -4.41. The molecule has 0 aromatic heterocycles. The minimum Gasteiger partial charge on any atom is -0.410 e. The first-order chi connectivity index (χ1) is 12.7. The lowest BCUT2D eigenvalue weighted by molar-refractivity contribution is -0.137. The van der Waals surface area contributed by atoms with Crippen LogP contribution in [0.2, 0.25) is 0 Å². The number of carbonyl (C=O) groups is 1. The van der Waals surface area contributed by atoms with Crippen LogP contribution in [0.25, 0.3) is 0 Å². The molecule has 7 heteroatoms. The SMILES string of the molecule is CN(C)CC#CC1CCC(N(C)C(=O)Oc2ccc(C(F)(F)F)cc2)CC1. The topological polar surface area (TPSA) is 32.8 Å². The monoisotopic (exact) mass is 382 g/mol. The van der Waals surface area contributed by atoms with E-state index in [-0.39, 0.29) is 11.8 Å². The van der Waals surface area contributed by atoms with Gasteiger partial charge in [0.25, 0.3) is 0 Å². The number of nitrogens with zero attached hydrogens (tertiary/aromatic N) is 2. The van der Waals surface area contributed by atoms with E-state index in [1.54, 1.807) is 7.05 Å². The zero-order chi connectivity index (χ0) is 20.0. The van der Waals surface area contributed by atoms with Gasteiger partial charge in [-0.3, -0.25) is 4.90 Å². The quantitative estimate of drug-likeness (QED) is 0.733. The second-order valence-electron chi connectivity index (χ2n) is 7.07. The molecule has 2 rings (SSSR count). The molecule has 0 spiro atoms. The zero-order valence-corrected chi connectivity index (χ0v) is 15.8. The Kier molecular flexibility index (Phi) is 7.14. The summed E-state index contributed by atoms with van der Waals surface area (Å²) in [5.74, 6) is 6.89. The second kappa shape index (κ2) is 9.14. The maximum absolute atomic E-state index is 12.6. The highest BCUT2D eigenvalue weighted by atomic mass is 19.4. The Bertz CT molecular complexity index is 682. The first kappa shape index (κ1) is 21.1. The summed E-state index contributed by atoms with van der Waals surface area (Å²) in [6.07, 6.45) is -1.46. The van der Waals surface area contributed by atoms with Crippen molar-refractivity contribution in [2.45, 2.75) is 37.9 Å². The minimum absolute atomic E-state index is 0.0545. The fraction of sp³-hybridized carbons (Fsp3) is 0.550. The van der Waals surface area contributed by atoms with Crippen molar-refractivity contribution in [2.24, 2.45) is 5.92 Å². The normalized spacial score (nSPS) is 20.0. The number of benzene rings is 1. The van der Waals surface area contributed by atoms with Crippen molar-refractivity contribution in [3.8, 4) is 17.6 Å². The average Bonchev–Trinajstić information content (AvgIpc) is 2.61. The summed E-state index contributed by atoms with van der Waals surface area (Å²) >= 11 is 0. The Balaban J connectivity index is 1.84. The van der Waals surface area contributed by atoms with Gasteiger partial charge in [-0.2, -0.15) is 13.2 Å². The van der Waals surface area contributed by atoms with Gasteiger partial charge in [0, 0.05) is 19.0 Å². The molecule has 1 saturated carbocycles. The van der Waals surface area contributed by atoms with Crippen LogP contribution in [0.4, 0.5) is 18.0 Å². The van der Waals surface area contributed by atoms with E-state index in [0.717, 1.165) is 56.5 Å². The summed E-state index contributed by atoms with van der Waals surface area (Å²) < 4.78 is 42.9. The Hall–Kier alpha value is -2.20. The predicted molar refractivity (Wildman–Crippen MR) is 97.3 cm³/mol. The van der Waals surface area contributed by atoms with Gasteiger partial charge in [-0.15, -0.1) is 0 Å². The summed E-state index contributed by atoms with van der Waals surface area (Å²) in [5.41, 5.74) is -0.774. The molecule has 1 fully saturated rings. The van der Waals surface area contributed by atoms with Gasteiger partial charge in [0.1, 0.15) is 5.75 Å². The van der Waals surface area contributed by atoms with Crippen molar-refractivity contribution in [1.29, 1.82) is 0 Å². The first-order valence-corrected chi connectivity index (χ1v) is 8.92. The molecule has 0 unspecified atom stereocenters. The van der Waals surface area contributed by atoms with Crippen molar-refractivity contribution in [2.75, 3.05) is 27.7 Å². The van der Waals surface area contributed by atoms with Crippen LogP contribution in [-0.4, -0.2) is 49.6 Å². The highest BCUT2D eigenvalue weighted by Crippen LogP contribution is 2.31. The molecule has 1 aromatic carbocycles. The van der Waals surface area contributed by atoms with Crippen LogP contribution in [0, 0.1) is 17.8 Å². The molecule has 1 aliphatic rings. The average molecular weight is 382 g/mol. The molecule has 0 saturated heterocycles. The van der Waals surface area contributed by atoms with E-state index in [2.05, 4.69) is 11.8 Å². The number of carbonyl (C=O) groups excluding carboxylic acids is 1. The third kappa shape index (κ3) is 6.47. The lowest BCUT2D eigenvalue weighted by Crippen LogP contribution is -2.41. The van der Waals surface area contributed by atoms with E-state index in [1.807, 2.05) is 19.0 Å². The lowest BCUT2D eigenvalue weighted by atomic mass is 9.86. The van der Waals surface area contributed by atoms with Gasteiger partial charge < -0.3 is 9.64 Å². The van der Waals surface area contributed by atoms with Crippen LogP contribution in [0.1, 0.15) is 31.2 Å². The van der Waals surface area contributed by atoms with Gasteiger partial charge in [-0.25, -0.2) is 4.79 Å². The summed E-state index contributed by atoms with van der Waals surface area (Å²) in [5, 5.41) is 0. The Morgan fingerprint density at radius 2 is 1.70 bits per heavy atom. The Morgan fingerprint density at radius 3 is 2.22 bits per heavy atom. The molecule has 148 valence electrons. The third-order valence-electron chi connectivity index (χ3n) is 4.62. The van der Waals surface area contributed by atoms with Gasteiger partial charge in [-0.05, 0) is 64.0 Å². The molecule has 1 aliphatic carbocycles. The third-order valence-corrected chi connectivity index (χ3v) is 4.62. The van der Waals surface area contributed by atoms with E-state index < -0.39 is 17.8 Å². The van der Waals surface area contributed by atoms with Crippen LogP contribution >= 0.6 is 0 Å². The Labute approximate surface area is 158 Å². The highest BCUT2D eigenvalue weighted by molar-refractivity contribution is 5.70. The number of hydrogen-bond donors (Lipinski definition) is 0. The lowest BCUT2D eigenvalue weighted by Gasteiger charge is -2.32. The molecular weight excluding hydrogens is 357 g/mol. The van der Waals surface area contributed by atoms with Crippen LogP contribution in [0.15, 0.2) is 24.3 Å². The zero-order valence-electron chi connectivity index (χ0n) is 15.8. The van der Waals surface area contributed by atoms with E-state index in [0.29, 0.717) is 5.92 Å². The van der Waals surface area contributed by atoms with Crippen molar-refractivity contribution in [3.05, 3.63) is 29.8 Å². The molecule has 0 atom stereocenters. The molecular formula is C20H25F3N2O2. The maximum atomic E-state index is 12.6. The van der Waals surface area contributed by atoms with Crippen LogP contribution in [0.3, 0.4) is 0 Å². The molecule has 0 heterocycles. The summed E-state index contributed by atoms with van der Waals surface area (Å²) in [4.78, 5) is 15.8. The first-order valence-electron chi connectivity index (χ1n) is 8.92. The van der Waals surface area contributed by atoms with E-state index >= 15 is 0 Å². The molecule has 0 aliphatic heterocycles. The number of ether oxygens (including phenoxy) is 1. The number of alkyl halides is 3. The van der Waals surface area contributed by atoms with Gasteiger partial charge in [0.05, 0.1) is 12.1 Å². The number of rotatable bonds is 3. The van der Waals surface area contributed by atoms with Gasteiger partial charge >= 0.3 is 12.3 Å². The van der Waals surface area contributed by atoms with Gasteiger partial charge in [0.2, 0.25) is 0 Å².